The molecule has 1 aliphatic rings. The molecule has 1 atom stereocenters. The van der Waals surface area contributed by atoms with Crippen molar-refractivity contribution in [2.24, 2.45) is 14.1 Å². The molecule has 1 fully saturated rings. The van der Waals surface area contributed by atoms with Crippen molar-refractivity contribution in [2.75, 3.05) is 13.2 Å². The van der Waals surface area contributed by atoms with Gasteiger partial charge in [0.2, 0.25) is 0 Å². The van der Waals surface area contributed by atoms with E-state index in [0.29, 0.717) is 29.0 Å². The van der Waals surface area contributed by atoms with Crippen LogP contribution >= 0.6 is 0 Å². The van der Waals surface area contributed by atoms with Gasteiger partial charge in [-0.25, -0.2) is 9.78 Å². The van der Waals surface area contributed by atoms with Crippen LogP contribution in [0.1, 0.15) is 31.0 Å². The number of carbonyl (C=O) groups excluding carboxylic acids is 1. The van der Waals surface area contributed by atoms with Crippen molar-refractivity contribution in [2.45, 2.75) is 25.3 Å². The summed E-state index contributed by atoms with van der Waals surface area (Å²) in [6, 6.07) is 12.5. The van der Waals surface area contributed by atoms with Gasteiger partial charge in [0.25, 0.3) is 11.5 Å². The van der Waals surface area contributed by atoms with Gasteiger partial charge in [-0.1, -0.05) is 18.2 Å². The van der Waals surface area contributed by atoms with Gasteiger partial charge in [0.1, 0.15) is 11.4 Å². The predicted octanol–water partition coefficient (Wildman–Crippen LogP) is 1.76. The molecule has 1 saturated heterocycles. The van der Waals surface area contributed by atoms with E-state index in [4.69, 9.17) is 4.74 Å². The van der Waals surface area contributed by atoms with Crippen molar-refractivity contribution >= 4 is 16.9 Å². The Labute approximate surface area is 173 Å². The molecule has 0 unspecified atom stereocenters. The van der Waals surface area contributed by atoms with Gasteiger partial charge in [-0.05, 0) is 43.5 Å². The molecule has 0 saturated carbocycles. The summed E-state index contributed by atoms with van der Waals surface area (Å²) in [5, 5.41) is 0.379. The quantitative estimate of drug-likeness (QED) is 0.657. The fourth-order valence-electron chi connectivity index (χ4n) is 3.94. The van der Waals surface area contributed by atoms with Crippen LogP contribution in [0.4, 0.5) is 0 Å². The lowest BCUT2D eigenvalue weighted by molar-refractivity contribution is -0.137. The van der Waals surface area contributed by atoms with Crippen molar-refractivity contribution in [3.05, 3.63) is 69.0 Å². The number of amides is 1. The van der Waals surface area contributed by atoms with E-state index in [1.807, 2.05) is 30.3 Å². The number of aromatic nitrogens is 3. The highest BCUT2D eigenvalue weighted by Gasteiger charge is 2.29. The number of pyridine rings is 1. The van der Waals surface area contributed by atoms with Crippen molar-refractivity contribution in [1.29, 1.82) is 0 Å². The first-order valence-corrected chi connectivity index (χ1v) is 10.0. The fourth-order valence-corrected chi connectivity index (χ4v) is 3.94. The second-order valence-electron chi connectivity index (χ2n) is 7.51. The zero-order valence-corrected chi connectivity index (χ0v) is 17.1. The maximum Gasteiger partial charge on any atom is 0.332 e. The summed E-state index contributed by atoms with van der Waals surface area (Å²) in [6.07, 6.45) is 2.66. The number of aryl methyl sites for hydroxylation is 1. The number of rotatable bonds is 4. The van der Waals surface area contributed by atoms with E-state index in [-0.39, 0.29) is 24.1 Å². The van der Waals surface area contributed by atoms with Crippen LogP contribution in [-0.2, 0) is 18.9 Å². The zero-order valence-electron chi connectivity index (χ0n) is 17.1. The van der Waals surface area contributed by atoms with Crippen molar-refractivity contribution in [1.82, 2.24) is 19.0 Å². The number of nitrogens with zero attached hydrogens (tertiary/aromatic N) is 4. The first-order chi connectivity index (χ1) is 14.5. The van der Waals surface area contributed by atoms with Crippen molar-refractivity contribution in [3.8, 4) is 5.75 Å². The van der Waals surface area contributed by atoms with Crippen LogP contribution in [0.5, 0.6) is 5.75 Å². The lowest BCUT2D eigenvalue weighted by atomic mass is 9.98. The SMILES string of the molecule is Cn1c(=O)c2ccc([C@H]3CCCCN3C(=O)COc3ccccc3)nc2n(C)c1=O. The molecule has 8 nitrogen and oxygen atoms in total. The minimum atomic E-state index is -0.426. The van der Waals surface area contributed by atoms with Crippen LogP contribution in [0.2, 0.25) is 0 Å². The minimum Gasteiger partial charge on any atom is -0.484 e. The number of benzene rings is 1. The number of piperidine rings is 1. The Morgan fingerprint density at radius 2 is 1.83 bits per heavy atom. The van der Waals surface area contributed by atoms with Crippen LogP contribution in [0, 0.1) is 0 Å². The van der Waals surface area contributed by atoms with E-state index in [0.717, 1.165) is 23.8 Å². The first-order valence-electron chi connectivity index (χ1n) is 10.0. The molecule has 0 spiro atoms. The van der Waals surface area contributed by atoms with E-state index in [1.54, 1.807) is 24.1 Å². The molecule has 156 valence electrons. The van der Waals surface area contributed by atoms with E-state index in [9.17, 15) is 14.4 Å². The molecule has 3 heterocycles. The maximum absolute atomic E-state index is 12.9. The smallest absolute Gasteiger partial charge is 0.332 e. The second-order valence-corrected chi connectivity index (χ2v) is 7.51. The van der Waals surface area contributed by atoms with Gasteiger partial charge in [0.05, 0.1) is 17.1 Å². The molecule has 3 aromatic rings. The lowest BCUT2D eigenvalue weighted by Gasteiger charge is -2.35. The highest BCUT2D eigenvalue weighted by molar-refractivity contribution is 5.79. The molecule has 4 rings (SSSR count). The number of likely N-dealkylation sites (tertiary alicyclic amines) is 1. The van der Waals surface area contributed by atoms with Gasteiger partial charge in [0.15, 0.2) is 6.61 Å². The van der Waals surface area contributed by atoms with Gasteiger partial charge < -0.3 is 9.64 Å². The highest BCUT2D eigenvalue weighted by Crippen LogP contribution is 2.30. The van der Waals surface area contributed by atoms with Crippen molar-refractivity contribution < 1.29 is 9.53 Å². The van der Waals surface area contributed by atoms with Crippen LogP contribution in [0.15, 0.2) is 52.1 Å². The molecule has 8 heteroatoms. The Morgan fingerprint density at radius 1 is 1.07 bits per heavy atom. The molecule has 0 N–H and O–H groups in total. The minimum absolute atomic E-state index is 0.0485. The molecule has 0 radical (unpaired) electrons. The summed E-state index contributed by atoms with van der Waals surface area (Å²) >= 11 is 0. The van der Waals surface area contributed by atoms with Crippen molar-refractivity contribution in [3.63, 3.8) is 0 Å². The molecule has 1 amide bonds. The Hall–Kier alpha value is -3.42. The number of fused-ring (bicyclic) bond motifs is 1. The van der Waals surface area contributed by atoms with Crippen LogP contribution in [0.25, 0.3) is 11.0 Å². The summed E-state index contributed by atoms with van der Waals surface area (Å²) in [7, 11) is 3.05. The Kier molecular flexibility index (Phi) is 5.39. The third-order valence-corrected chi connectivity index (χ3v) is 5.59. The molecule has 1 aliphatic heterocycles. The average molecular weight is 408 g/mol. The van der Waals surface area contributed by atoms with E-state index < -0.39 is 5.69 Å². The molecular formula is C22H24N4O4. The lowest BCUT2D eigenvalue weighted by Crippen LogP contribution is -2.41. The summed E-state index contributed by atoms with van der Waals surface area (Å²) in [5.74, 6) is 0.539. The molecule has 2 aromatic heterocycles. The number of carbonyl (C=O) groups is 1. The maximum atomic E-state index is 12.9. The molecule has 0 bridgehead atoms. The zero-order chi connectivity index (χ0) is 21.3. The van der Waals surface area contributed by atoms with Gasteiger partial charge in [-0.15, -0.1) is 0 Å². The van der Waals surface area contributed by atoms with Crippen LogP contribution in [0.3, 0.4) is 0 Å². The fraction of sp³-hybridized carbons (Fsp3) is 0.364. The standard InChI is InChI=1S/C22H24N4O4/c1-24-20-16(21(28)25(2)22(24)29)11-12-17(23-20)18-10-6-7-13-26(18)19(27)14-30-15-8-4-3-5-9-15/h3-5,8-9,11-12,18H,6-7,10,13-14H2,1-2H3/t18-/m1/s1. The van der Waals surface area contributed by atoms with Gasteiger partial charge in [-0.2, -0.15) is 0 Å². The number of hydrogen-bond donors (Lipinski definition) is 0. The molecular weight excluding hydrogens is 384 g/mol. The van der Waals surface area contributed by atoms with E-state index in [2.05, 4.69) is 4.98 Å². The predicted molar refractivity (Wildman–Crippen MR) is 112 cm³/mol. The monoisotopic (exact) mass is 408 g/mol. The molecule has 1 aromatic carbocycles. The summed E-state index contributed by atoms with van der Waals surface area (Å²) < 4.78 is 8.08. The number of hydrogen-bond acceptors (Lipinski definition) is 5. The normalized spacial score (nSPS) is 16.6. The van der Waals surface area contributed by atoms with Gasteiger partial charge >= 0.3 is 5.69 Å². The van der Waals surface area contributed by atoms with Gasteiger partial charge in [-0.3, -0.25) is 18.7 Å². The average Bonchev–Trinajstić information content (AvgIpc) is 2.80. The first kappa shape index (κ1) is 19.9. The second kappa shape index (κ2) is 8.14. The number of ether oxygens (including phenoxy) is 1. The summed E-state index contributed by atoms with van der Waals surface area (Å²) in [4.78, 5) is 44.0. The summed E-state index contributed by atoms with van der Waals surface area (Å²) in [6.45, 7) is 0.573. The third kappa shape index (κ3) is 3.60. The Morgan fingerprint density at radius 3 is 2.60 bits per heavy atom. The van der Waals surface area contributed by atoms with E-state index >= 15 is 0 Å². The Bertz CT molecular complexity index is 1200. The molecule has 0 aliphatic carbocycles. The Balaban J connectivity index is 1.64. The topological polar surface area (TPSA) is 86.4 Å². The van der Waals surface area contributed by atoms with Crippen LogP contribution in [-0.4, -0.2) is 38.1 Å². The number of para-hydroxylation sites is 1. The largest absolute Gasteiger partial charge is 0.484 e. The highest BCUT2D eigenvalue weighted by atomic mass is 16.5. The third-order valence-electron chi connectivity index (χ3n) is 5.59. The van der Waals surface area contributed by atoms with E-state index in [1.165, 1.54) is 11.6 Å². The summed E-state index contributed by atoms with van der Waals surface area (Å²) in [5.41, 5.74) is 0.211. The van der Waals surface area contributed by atoms with Gasteiger partial charge in [0, 0.05) is 20.6 Å². The van der Waals surface area contributed by atoms with Crippen LogP contribution < -0.4 is 16.0 Å². The molecule has 30 heavy (non-hydrogen) atoms.